The van der Waals surface area contributed by atoms with Crippen LogP contribution in [0.15, 0.2) is 29.8 Å². The van der Waals surface area contributed by atoms with Crippen molar-refractivity contribution in [2.24, 2.45) is 0 Å². The number of thiocarbonyl (C=S) groups is 1. The Hall–Kier alpha value is -2.21. The number of nitrogens with one attached hydrogen (secondary N) is 1. The van der Waals surface area contributed by atoms with E-state index in [0.29, 0.717) is 6.54 Å². The van der Waals surface area contributed by atoms with Crippen LogP contribution in [0.3, 0.4) is 0 Å². The van der Waals surface area contributed by atoms with Gasteiger partial charge in [-0.1, -0.05) is 12.1 Å². The summed E-state index contributed by atoms with van der Waals surface area (Å²) in [5.41, 5.74) is 1.94. The van der Waals surface area contributed by atoms with Crippen molar-refractivity contribution in [3.63, 3.8) is 0 Å². The normalized spacial score (nSPS) is 17.2. The van der Waals surface area contributed by atoms with Gasteiger partial charge in [-0.15, -0.1) is 0 Å². The van der Waals surface area contributed by atoms with E-state index in [4.69, 9.17) is 12.2 Å². The number of carbonyl (C=O) groups is 2. The van der Waals surface area contributed by atoms with E-state index in [-0.39, 0.29) is 16.6 Å². The summed E-state index contributed by atoms with van der Waals surface area (Å²) < 4.78 is 0. The molecule has 0 saturated carbocycles. The SMILES string of the molecule is CCN1C(=O)C(=Cc2ccc(N(C)C)cc2)C(=O)NC1=S. The second kappa shape index (κ2) is 6.05. The fourth-order valence-corrected chi connectivity index (χ4v) is 2.32. The van der Waals surface area contributed by atoms with Gasteiger partial charge in [0.1, 0.15) is 5.57 Å². The third-order valence-corrected chi connectivity index (χ3v) is 3.54. The lowest BCUT2D eigenvalue weighted by molar-refractivity contribution is -0.128. The van der Waals surface area contributed by atoms with Gasteiger partial charge >= 0.3 is 0 Å². The van der Waals surface area contributed by atoms with E-state index in [1.54, 1.807) is 6.08 Å². The second-order valence-electron chi connectivity index (χ2n) is 4.85. The van der Waals surface area contributed by atoms with Crippen LogP contribution in [0.5, 0.6) is 0 Å². The lowest BCUT2D eigenvalue weighted by Gasteiger charge is -2.27. The lowest BCUT2D eigenvalue weighted by Crippen LogP contribution is -2.53. The molecule has 1 saturated heterocycles. The zero-order valence-corrected chi connectivity index (χ0v) is 13.0. The van der Waals surface area contributed by atoms with Crippen LogP contribution >= 0.6 is 12.2 Å². The molecular weight excluding hydrogens is 286 g/mol. The predicted molar refractivity (Wildman–Crippen MR) is 86.9 cm³/mol. The van der Waals surface area contributed by atoms with Crippen LogP contribution in [0.25, 0.3) is 6.08 Å². The topological polar surface area (TPSA) is 52.7 Å². The number of carbonyl (C=O) groups excluding carboxylic acids is 2. The van der Waals surface area contributed by atoms with Gasteiger partial charge in [0.15, 0.2) is 5.11 Å². The van der Waals surface area contributed by atoms with E-state index in [0.717, 1.165) is 11.3 Å². The quantitative estimate of drug-likeness (QED) is 0.521. The number of hydrogen-bond acceptors (Lipinski definition) is 4. The van der Waals surface area contributed by atoms with E-state index >= 15 is 0 Å². The highest BCUT2D eigenvalue weighted by Gasteiger charge is 2.32. The summed E-state index contributed by atoms with van der Waals surface area (Å²) in [6.07, 6.45) is 1.58. The number of anilines is 1. The van der Waals surface area contributed by atoms with E-state index in [1.165, 1.54) is 4.90 Å². The Balaban J connectivity index is 2.32. The fraction of sp³-hybridized carbons (Fsp3) is 0.267. The van der Waals surface area contributed by atoms with Crippen LogP contribution in [0.1, 0.15) is 12.5 Å². The summed E-state index contributed by atoms with van der Waals surface area (Å²) in [5, 5.41) is 2.69. The van der Waals surface area contributed by atoms with Crippen molar-refractivity contribution in [1.82, 2.24) is 10.2 Å². The molecule has 1 aromatic carbocycles. The molecule has 0 bridgehead atoms. The number of benzene rings is 1. The number of nitrogens with zero attached hydrogens (tertiary/aromatic N) is 2. The van der Waals surface area contributed by atoms with Gasteiger partial charge in [-0.3, -0.25) is 19.8 Å². The van der Waals surface area contributed by atoms with Crippen LogP contribution in [0, 0.1) is 0 Å². The Bertz CT molecular complexity index is 620. The molecule has 110 valence electrons. The number of hydrogen-bond donors (Lipinski definition) is 1. The van der Waals surface area contributed by atoms with Crippen molar-refractivity contribution in [1.29, 1.82) is 0 Å². The molecule has 5 nitrogen and oxygen atoms in total. The standard InChI is InChI=1S/C15H17N3O2S/c1-4-18-14(20)12(13(19)16-15(18)21)9-10-5-7-11(8-6-10)17(2)3/h5-9H,4H2,1-3H3,(H,16,19,21). The Kier molecular flexibility index (Phi) is 4.37. The van der Waals surface area contributed by atoms with Gasteiger partial charge in [-0.25, -0.2) is 0 Å². The highest BCUT2D eigenvalue weighted by atomic mass is 32.1. The first-order chi connectivity index (χ1) is 9.93. The third kappa shape index (κ3) is 3.11. The van der Waals surface area contributed by atoms with Crippen LogP contribution < -0.4 is 10.2 Å². The number of likely N-dealkylation sites (N-methyl/N-ethyl adjacent to an activating group) is 1. The average Bonchev–Trinajstić information content (AvgIpc) is 2.44. The van der Waals surface area contributed by atoms with E-state index in [1.807, 2.05) is 50.2 Å². The Morgan fingerprint density at radius 2 is 1.86 bits per heavy atom. The number of amides is 2. The van der Waals surface area contributed by atoms with Gasteiger partial charge in [0, 0.05) is 26.3 Å². The highest BCUT2D eigenvalue weighted by molar-refractivity contribution is 7.80. The van der Waals surface area contributed by atoms with Crippen LogP contribution in [0.2, 0.25) is 0 Å². The molecule has 2 rings (SSSR count). The van der Waals surface area contributed by atoms with Gasteiger partial charge in [0.25, 0.3) is 11.8 Å². The molecular formula is C15H17N3O2S. The molecule has 0 atom stereocenters. The molecule has 1 N–H and O–H groups in total. The van der Waals surface area contributed by atoms with Gasteiger partial charge in [0.2, 0.25) is 0 Å². The van der Waals surface area contributed by atoms with Crippen LogP contribution in [0.4, 0.5) is 5.69 Å². The molecule has 6 heteroatoms. The molecule has 0 unspecified atom stereocenters. The molecule has 2 amide bonds. The first-order valence-electron chi connectivity index (χ1n) is 6.60. The average molecular weight is 303 g/mol. The summed E-state index contributed by atoms with van der Waals surface area (Å²) in [5.74, 6) is -0.811. The summed E-state index contributed by atoms with van der Waals surface area (Å²) >= 11 is 4.98. The summed E-state index contributed by atoms with van der Waals surface area (Å²) in [6, 6.07) is 7.60. The monoisotopic (exact) mass is 303 g/mol. The Labute approximate surface area is 129 Å². The van der Waals surface area contributed by atoms with Crippen molar-refractivity contribution in [3.05, 3.63) is 35.4 Å². The maximum Gasteiger partial charge on any atom is 0.265 e. The minimum Gasteiger partial charge on any atom is -0.378 e. The molecule has 0 aromatic heterocycles. The third-order valence-electron chi connectivity index (χ3n) is 3.22. The smallest absolute Gasteiger partial charge is 0.265 e. The zero-order chi connectivity index (χ0) is 15.6. The maximum absolute atomic E-state index is 12.3. The van der Waals surface area contributed by atoms with Crippen LogP contribution in [-0.2, 0) is 9.59 Å². The molecule has 1 aliphatic heterocycles. The molecule has 0 radical (unpaired) electrons. The van der Waals surface area contributed by atoms with Crippen molar-refractivity contribution < 1.29 is 9.59 Å². The fourth-order valence-electron chi connectivity index (χ4n) is 2.02. The molecule has 1 heterocycles. The highest BCUT2D eigenvalue weighted by Crippen LogP contribution is 2.17. The molecule has 1 fully saturated rings. The molecule has 1 aliphatic rings. The van der Waals surface area contributed by atoms with Gasteiger partial charge in [-0.05, 0) is 42.9 Å². The van der Waals surface area contributed by atoms with Crippen LogP contribution in [-0.4, -0.2) is 42.5 Å². The second-order valence-corrected chi connectivity index (χ2v) is 5.24. The van der Waals surface area contributed by atoms with Gasteiger partial charge in [-0.2, -0.15) is 0 Å². The molecule has 21 heavy (non-hydrogen) atoms. The minimum atomic E-state index is -0.452. The molecule has 0 aliphatic carbocycles. The first-order valence-corrected chi connectivity index (χ1v) is 7.01. The van der Waals surface area contributed by atoms with Crippen molar-refractivity contribution >= 4 is 40.9 Å². The zero-order valence-electron chi connectivity index (χ0n) is 12.2. The molecule has 1 aromatic rings. The van der Waals surface area contributed by atoms with E-state index in [2.05, 4.69) is 5.32 Å². The largest absolute Gasteiger partial charge is 0.378 e. The minimum absolute atomic E-state index is 0.100. The Morgan fingerprint density at radius 1 is 1.24 bits per heavy atom. The summed E-state index contributed by atoms with van der Waals surface area (Å²) in [4.78, 5) is 27.5. The summed E-state index contributed by atoms with van der Waals surface area (Å²) in [7, 11) is 3.90. The van der Waals surface area contributed by atoms with E-state index in [9.17, 15) is 9.59 Å². The van der Waals surface area contributed by atoms with Gasteiger partial charge < -0.3 is 4.90 Å². The Morgan fingerprint density at radius 3 is 2.38 bits per heavy atom. The predicted octanol–water partition coefficient (Wildman–Crippen LogP) is 1.40. The van der Waals surface area contributed by atoms with E-state index < -0.39 is 5.91 Å². The first kappa shape index (κ1) is 15.2. The maximum atomic E-state index is 12.3. The van der Waals surface area contributed by atoms with Gasteiger partial charge in [0.05, 0.1) is 0 Å². The molecule has 0 spiro atoms. The van der Waals surface area contributed by atoms with Crippen molar-refractivity contribution in [2.75, 3.05) is 25.5 Å². The number of rotatable bonds is 3. The summed E-state index contributed by atoms with van der Waals surface area (Å²) in [6.45, 7) is 2.24. The van der Waals surface area contributed by atoms with Crippen molar-refractivity contribution in [2.45, 2.75) is 6.92 Å². The van der Waals surface area contributed by atoms with Crippen molar-refractivity contribution in [3.8, 4) is 0 Å². The lowest BCUT2D eigenvalue weighted by atomic mass is 10.1.